The van der Waals surface area contributed by atoms with Crippen molar-refractivity contribution >= 4 is 8.80 Å². The van der Waals surface area contributed by atoms with Crippen molar-refractivity contribution < 1.29 is 18.0 Å². The number of rotatable bonds is 6. The Labute approximate surface area is 97.9 Å². The van der Waals surface area contributed by atoms with Gasteiger partial charge in [0, 0.05) is 39.7 Å². The average Bonchev–Trinajstić information content (AvgIpc) is 3.11. The molecule has 0 aromatic heterocycles. The topological polar surface area (TPSA) is 40.2 Å². The van der Waals surface area contributed by atoms with E-state index in [2.05, 4.69) is 0 Å². The van der Waals surface area contributed by atoms with E-state index in [1.54, 1.807) is 21.3 Å². The van der Waals surface area contributed by atoms with E-state index in [-0.39, 0.29) is 0 Å². The highest BCUT2D eigenvalue weighted by atomic mass is 28.4. The van der Waals surface area contributed by atoms with Gasteiger partial charge in [-0.1, -0.05) is 0 Å². The van der Waals surface area contributed by atoms with Crippen molar-refractivity contribution in [3.63, 3.8) is 0 Å². The maximum atomic E-state index is 5.48. The molecule has 5 heteroatoms. The molecular weight excluding hydrogens is 224 g/mol. The molecule has 0 bridgehead atoms. The van der Waals surface area contributed by atoms with Crippen molar-refractivity contribution in [3.05, 3.63) is 11.5 Å². The van der Waals surface area contributed by atoms with E-state index < -0.39 is 8.80 Å². The Bertz CT molecular complexity index is 277. The van der Waals surface area contributed by atoms with Gasteiger partial charge in [0.05, 0.1) is 0 Å². The van der Waals surface area contributed by atoms with Gasteiger partial charge in [0.15, 0.2) is 0 Å². The van der Waals surface area contributed by atoms with Gasteiger partial charge in [0.2, 0.25) is 0 Å². The van der Waals surface area contributed by atoms with Gasteiger partial charge in [-0.05, 0) is 19.3 Å². The molecule has 0 aromatic rings. The second-order valence-electron chi connectivity index (χ2n) is 4.31. The number of hydrogen-bond acceptors (Lipinski definition) is 4. The maximum absolute atomic E-state index is 5.48. The first-order chi connectivity index (χ1) is 7.74. The van der Waals surface area contributed by atoms with Crippen LogP contribution in [0.25, 0.3) is 0 Å². The molecule has 0 aromatic carbocycles. The summed E-state index contributed by atoms with van der Waals surface area (Å²) in [5.74, 6) is 3.03. The van der Waals surface area contributed by atoms with Crippen LogP contribution in [0.3, 0.4) is 0 Å². The first kappa shape index (κ1) is 12.1. The Kier molecular flexibility index (Phi) is 3.69. The van der Waals surface area contributed by atoms with Crippen molar-refractivity contribution in [1.82, 2.24) is 0 Å². The fourth-order valence-corrected chi connectivity index (χ4v) is 4.23. The summed E-state index contributed by atoms with van der Waals surface area (Å²) in [6, 6.07) is 0.862. The summed E-state index contributed by atoms with van der Waals surface area (Å²) in [6.45, 7) is 0. The van der Waals surface area contributed by atoms with E-state index in [0.717, 1.165) is 18.9 Å². The van der Waals surface area contributed by atoms with Crippen LogP contribution in [0, 0.1) is 5.92 Å². The lowest BCUT2D eigenvalue weighted by molar-refractivity contribution is 0.121. The van der Waals surface area contributed by atoms with Crippen molar-refractivity contribution in [2.75, 3.05) is 21.3 Å². The lowest BCUT2D eigenvalue weighted by Crippen LogP contribution is -2.43. The van der Waals surface area contributed by atoms with Crippen LogP contribution in [0.15, 0.2) is 11.5 Å². The van der Waals surface area contributed by atoms with Crippen LogP contribution in [0.4, 0.5) is 0 Å². The van der Waals surface area contributed by atoms with Gasteiger partial charge in [-0.3, -0.25) is 0 Å². The second kappa shape index (κ2) is 4.87. The zero-order chi connectivity index (χ0) is 11.6. The minimum atomic E-state index is -2.39. The zero-order valence-corrected chi connectivity index (χ0v) is 11.2. The van der Waals surface area contributed by atoms with E-state index in [0.29, 0.717) is 5.92 Å². The largest absolute Gasteiger partial charge is 0.500 e. The lowest BCUT2D eigenvalue weighted by atomic mass is 9.94. The van der Waals surface area contributed by atoms with Gasteiger partial charge in [-0.15, -0.1) is 0 Å². The quantitative estimate of drug-likeness (QED) is 0.672. The molecule has 0 fully saturated rings. The van der Waals surface area contributed by atoms with Gasteiger partial charge in [-0.2, -0.15) is 0 Å². The second-order valence-corrected chi connectivity index (χ2v) is 7.40. The summed E-state index contributed by atoms with van der Waals surface area (Å²) in [5, 5.41) is 0. The number of ether oxygens (including phenoxy) is 1. The molecule has 1 unspecified atom stereocenters. The third kappa shape index (κ3) is 2.32. The zero-order valence-electron chi connectivity index (χ0n) is 10.2. The molecule has 92 valence electrons. The molecule has 0 amide bonds. The smallest absolute Gasteiger partial charge is 0.459 e. The van der Waals surface area contributed by atoms with Crippen LogP contribution in [0.1, 0.15) is 25.7 Å². The Morgan fingerprint density at radius 3 is 2.56 bits per heavy atom. The number of hydrogen-bond donors (Lipinski definition) is 0. The molecule has 16 heavy (non-hydrogen) atoms. The molecule has 1 aliphatic carbocycles. The van der Waals surface area contributed by atoms with E-state index >= 15 is 0 Å². The third-order valence-corrected chi connectivity index (χ3v) is 6.29. The van der Waals surface area contributed by atoms with E-state index in [1.165, 1.54) is 24.4 Å². The molecule has 0 N–H and O–H groups in total. The highest BCUT2D eigenvalue weighted by Crippen LogP contribution is 2.45. The summed E-state index contributed by atoms with van der Waals surface area (Å²) in [5.41, 5.74) is 0. The van der Waals surface area contributed by atoms with Gasteiger partial charge >= 0.3 is 8.80 Å². The predicted molar refractivity (Wildman–Crippen MR) is 61.7 cm³/mol. The van der Waals surface area contributed by atoms with Crippen molar-refractivity contribution in [1.29, 1.82) is 0 Å². The molecule has 0 saturated carbocycles. The SMILES string of the molecule is CO[Si](CCC1CCCC2=C1O2)(OC)OC. The molecule has 1 aliphatic heterocycles. The Hall–Kier alpha value is -0.363. The molecule has 4 nitrogen and oxygen atoms in total. The van der Waals surface area contributed by atoms with E-state index in [4.69, 9.17) is 18.0 Å². The van der Waals surface area contributed by atoms with Gasteiger partial charge in [0.25, 0.3) is 0 Å². The van der Waals surface area contributed by atoms with Crippen molar-refractivity contribution in [2.45, 2.75) is 31.7 Å². The highest BCUT2D eigenvalue weighted by molar-refractivity contribution is 6.60. The molecule has 2 rings (SSSR count). The fraction of sp³-hybridized carbons (Fsp3) is 0.818. The van der Waals surface area contributed by atoms with Gasteiger partial charge in [0.1, 0.15) is 11.5 Å². The van der Waals surface area contributed by atoms with E-state index in [9.17, 15) is 0 Å². The van der Waals surface area contributed by atoms with Crippen molar-refractivity contribution in [2.24, 2.45) is 5.92 Å². The van der Waals surface area contributed by atoms with Crippen LogP contribution < -0.4 is 0 Å². The Morgan fingerprint density at radius 1 is 1.25 bits per heavy atom. The normalized spacial score (nSPS) is 24.1. The fourth-order valence-electron chi connectivity index (χ4n) is 2.42. The number of allylic oxidation sites excluding steroid dienone is 2. The summed E-state index contributed by atoms with van der Waals surface area (Å²) in [7, 11) is 2.60. The van der Waals surface area contributed by atoms with Crippen LogP contribution in [-0.4, -0.2) is 30.1 Å². The predicted octanol–water partition coefficient (Wildman–Crippen LogP) is 2.30. The minimum Gasteiger partial charge on any atom is -0.459 e. The standard InChI is InChI=1S/C11H20O4Si/c1-12-16(13-2,14-3)8-7-9-5-4-6-10-11(9)15-10/h9H,4-8H2,1-3H3. The molecule has 2 aliphatic rings. The van der Waals surface area contributed by atoms with Gasteiger partial charge < -0.3 is 18.0 Å². The molecular formula is C11H20O4Si. The average molecular weight is 244 g/mol. The first-order valence-corrected chi connectivity index (χ1v) is 7.74. The molecule has 0 radical (unpaired) electrons. The van der Waals surface area contributed by atoms with Gasteiger partial charge in [-0.25, -0.2) is 0 Å². The van der Waals surface area contributed by atoms with Crippen LogP contribution in [-0.2, 0) is 18.0 Å². The molecule has 0 spiro atoms. The monoisotopic (exact) mass is 244 g/mol. The van der Waals surface area contributed by atoms with Crippen LogP contribution in [0.5, 0.6) is 0 Å². The molecule has 1 atom stereocenters. The van der Waals surface area contributed by atoms with Crippen LogP contribution >= 0.6 is 0 Å². The Morgan fingerprint density at radius 2 is 1.94 bits per heavy atom. The summed E-state index contributed by atoms with van der Waals surface area (Å²) >= 11 is 0. The lowest BCUT2D eigenvalue weighted by Gasteiger charge is -2.25. The van der Waals surface area contributed by atoms with Crippen molar-refractivity contribution in [3.8, 4) is 0 Å². The summed E-state index contributed by atoms with van der Waals surface area (Å²) in [4.78, 5) is 0. The van der Waals surface area contributed by atoms with Crippen LogP contribution in [0.2, 0.25) is 6.04 Å². The third-order valence-electron chi connectivity index (χ3n) is 3.53. The molecule has 1 heterocycles. The highest BCUT2D eigenvalue weighted by Gasteiger charge is 2.42. The minimum absolute atomic E-state index is 0.566. The maximum Gasteiger partial charge on any atom is 0.500 e. The summed E-state index contributed by atoms with van der Waals surface area (Å²) < 4.78 is 21.7. The Balaban J connectivity index is 1.86. The molecule has 0 saturated heterocycles. The first-order valence-electron chi connectivity index (χ1n) is 5.81. The summed E-state index contributed by atoms with van der Waals surface area (Å²) in [6.07, 6.45) is 4.64. The van der Waals surface area contributed by atoms with E-state index in [1.807, 2.05) is 0 Å².